The van der Waals surface area contributed by atoms with Crippen molar-refractivity contribution >= 4 is 21.9 Å². The summed E-state index contributed by atoms with van der Waals surface area (Å²) in [7, 11) is -3.57. The lowest BCUT2D eigenvalue weighted by molar-refractivity contribution is -0.139. The van der Waals surface area contributed by atoms with Crippen LogP contribution in [0.4, 0.5) is 0 Å². The molecule has 1 aliphatic rings. The summed E-state index contributed by atoms with van der Waals surface area (Å²) in [6.07, 6.45) is 3.29. The Kier molecular flexibility index (Phi) is 7.16. The van der Waals surface area contributed by atoms with Gasteiger partial charge in [-0.2, -0.15) is 0 Å². The van der Waals surface area contributed by atoms with E-state index in [4.69, 9.17) is 4.74 Å². The van der Waals surface area contributed by atoms with Gasteiger partial charge in [0.05, 0.1) is 10.5 Å². The van der Waals surface area contributed by atoms with Crippen LogP contribution in [0.2, 0.25) is 0 Å². The Morgan fingerprint density at radius 1 is 1.12 bits per heavy atom. The first kappa shape index (κ1) is 20.4. The number of hydrogen-bond acceptors (Lipinski definition) is 5. The molecule has 0 bridgehead atoms. The lowest BCUT2D eigenvalue weighted by atomic mass is 10.2. The van der Waals surface area contributed by atoms with Gasteiger partial charge in [0.1, 0.15) is 0 Å². The second kappa shape index (κ2) is 9.14. The molecule has 0 aliphatic carbocycles. The van der Waals surface area contributed by atoms with E-state index in [0.717, 1.165) is 25.7 Å². The van der Waals surface area contributed by atoms with Gasteiger partial charge in [-0.05, 0) is 44.0 Å². The molecule has 1 N–H and O–H groups in total. The Hall–Kier alpha value is -1.93. The number of sulfonamides is 1. The van der Waals surface area contributed by atoms with E-state index in [-0.39, 0.29) is 22.9 Å². The summed E-state index contributed by atoms with van der Waals surface area (Å²) >= 11 is 0. The van der Waals surface area contributed by atoms with Crippen LogP contribution >= 0.6 is 0 Å². The summed E-state index contributed by atoms with van der Waals surface area (Å²) in [6.45, 7) is 4.92. The number of rotatable bonds is 6. The monoisotopic (exact) mass is 382 g/mol. The molecule has 1 fully saturated rings. The fourth-order valence-electron chi connectivity index (χ4n) is 2.87. The van der Waals surface area contributed by atoms with E-state index in [0.29, 0.717) is 13.1 Å². The summed E-state index contributed by atoms with van der Waals surface area (Å²) in [5.41, 5.74) is 0.205. The first-order valence-corrected chi connectivity index (χ1v) is 10.4. The van der Waals surface area contributed by atoms with Crippen LogP contribution < -0.4 is 4.72 Å². The van der Waals surface area contributed by atoms with Crippen LogP contribution in [0.25, 0.3) is 0 Å². The third-order valence-corrected chi connectivity index (χ3v) is 5.85. The molecule has 2 rings (SSSR count). The average molecular weight is 382 g/mol. The van der Waals surface area contributed by atoms with Crippen LogP contribution in [0.3, 0.4) is 0 Å². The van der Waals surface area contributed by atoms with E-state index in [1.807, 2.05) is 0 Å². The van der Waals surface area contributed by atoms with Crippen LogP contribution in [0.15, 0.2) is 29.2 Å². The number of benzene rings is 1. The van der Waals surface area contributed by atoms with Crippen LogP contribution in [-0.2, 0) is 19.6 Å². The van der Waals surface area contributed by atoms with E-state index in [2.05, 4.69) is 4.72 Å². The molecule has 0 spiro atoms. The lowest BCUT2D eigenvalue weighted by Crippen LogP contribution is -2.40. The van der Waals surface area contributed by atoms with Gasteiger partial charge in [0.25, 0.3) is 5.91 Å². The number of carbonyl (C=O) groups excluding carboxylic acids is 2. The van der Waals surface area contributed by atoms with Gasteiger partial charge in [0, 0.05) is 19.6 Å². The van der Waals surface area contributed by atoms with Crippen LogP contribution in [0, 0.1) is 0 Å². The molecule has 0 radical (unpaired) electrons. The summed E-state index contributed by atoms with van der Waals surface area (Å²) in [4.78, 5) is 26.5. The normalized spacial score (nSPS) is 16.6. The largest absolute Gasteiger partial charge is 0.449 e. The predicted octanol–water partition coefficient (Wildman–Crippen LogP) is 1.93. The molecule has 1 atom stereocenters. The fraction of sp³-hybridized carbons (Fsp3) is 0.556. The second-order valence-electron chi connectivity index (χ2n) is 6.31. The van der Waals surface area contributed by atoms with Crippen LogP contribution in [0.1, 0.15) is 49.9 Å². The lowest BCUT2D eigenvalue weighted by Gasteiger charge is -2.24. The van der Waals surface area contributed by atoms with Gasteiger partial charge < -0.3 is 9.64 Å². The van der Waals surface area contributed by atoms with E-state index in [1.165, 1.54) is 24.3 Å². The summed E-state index contributed by atoms with van der Waals surface area (Å²) < 4.78 is 31.5. The van der Waals surface area contributed by atoms with Gasteiger partial charge in [0.2, 0.25) is 10.0 Å². The summed E-state index contributed by atoms with van der Waals surface area (Å²) in [5, 5.41) is 0. The molecule has 8 heteroatoms. The number of likely N-dealkylation sites (tertiary alicyclic amines) is 1. The molecule has 7 nitrogen and oxygen atoms in total. The molecule has 0 saturated carbocycles. The minimum Gasteiger partial charge on any atom is -0.449 e. The molecular formula is C18H26N2O5S. The highest BCUT2D eigenvalue weighted by Gasteiger charge is 2.25. The van der Waals surface area contributed by atoms with Crippen molar-refractivity contribution in [3.05, 3.63) is 29.8 Å². The molecular weight excluding hydrogens is 356 g/mol. The van der Waals surface area contributed by atoms with Crippen molar-refractivity contribution in [1.82, 2.24) is 9.62 Å². The van der Waals surface area contributed by atoms with Gasteiger partial charge in [-0.3, -0.25) is 4.79 Å². The SMILES string of the molecule is CCNS(=O)(=O)c1ccc(C(=O)O[C@@H](C)C(=O)N2CCCCCC2)cc1. The number of esters is 1. The van der Waals surface area contributed by atoms with Crippen molar-refractivity contribution in [2.45, 2.75) is 50.5 Å². The minimum atomic E-state index is -3.57. The van der Waals surface area contributed by atoms with Crippen molar-refractivity contribution in [3.63, 3.8) is 0 Å². The van der Waals surface area contributed by atoms with Gasteiger partial charge in [-0.15, -0.1) is 0 Å². The van der Waals surface area contributed by atoms with E-state index >= 15 is 0 Å². The smallest absolute Gasteiger partial charge is 0.338 e. The molecule has 26 heavy (non-hydrogen) atoms. The maximum atomic E-state index is 12.4. The highest BCUT2D eigenvalue weighted by molar-refractivity contribution is 7.89. The predicted molar refractivity (Wildman–Crippen MR) is 97.2 cm³/mol. The maximum absolute atomic E-state index is 12.4. The van der Waals surface area contributed by atoms with Crippen molar-refractivity contribution in [2.24, 2.45) is 0 Å². The van der Waals surface area contributed by atoms with Gasteiger partial charge in [-0.1, -0.05) is 19.8 Å². The number of carbonyl (C=O) groups is 2. The maximum Gasteiger partial charge on any atom is 0.338 e. The van der Waals surface area contributed by atoms with E-state index < -0.39 is 22.1 Å². The fourth-order valence-corrected chi connectivity index (χ4v) is 3.91. The minimum absolute atomic E-state index is 0.0737. The van der Waals surface area contributed by atoms with E-state index in [9.17, 15) is 18.0 Å². The first-order valence-electron chi connectivity index (χ1n) is 8.94. The average Bonchev–Trinajstić information content (AvgIpc) is 2.90. The number of ether oxygens (including phenoxy) is 1. The molecule has 1 saturated heterocycles. The third kappa shape index (κ3) is 5.28. The number of hydrogen-bond donors (Lipinski definition) is 1. The Morgan fingerprint density at radius 3 is 2.23 bits per heavy atom. The second-order valence-corrected chi connectivity index (χ2v) is 8.08. The molecule has 1 aromatic carbocycles. The zero-order valence-electron chi connectivity index (χ0n) is 15.2. The Balaban J connectivity index is 1.99. The van der Waals surface area contributed by atoms with Gasteiger partial charge >= 0.3 is 5.97 Å². The molecule has 144 valence electrons. The standard InChI is InChI=1S/C18H26N2O5S/c1-3-19-26(23,24)16-10-8-15(9-11-16)18(22)25-14(2)17(21)20-12-6-4-5-7-13-20/h8-11,14,19H,3-7,12-13H2,1-2H3/t14-/m0/s1. The molecule has 1 aliphatic heterocycles. The quantitative estimate of drug-likeness (QED) is 0.759. The Bertz CT molecular complexity index is 722. The molecule has 0 unspecified atom stereocenters. The molecule has 1 aromatic rings. The van der Waals surface area contributed by atoms with Crippen molar-refractivity contribution in [1.29, 1.82) is 0 Å². The van der Waals surface area contributed by atoms with E-state index in [1.54, 1.807) is 18.7 Å². The van der Waals surface area contributed by atoms with Crippen molar-refractivity contribution < 1.29 is 22.7 Å². The summed E-state index contributed by atoms with van der Waals surface area (Å²) in [6, 6.07) is 5.46. The van der Waals surface area contributed by atoms with Crippen LogP contribution in [-0.4, -0.2) is 50.9 Å². The third-order valence-electron chi connectivity index (χ3n) is 4.28. The summed E-state index contributed by atoms with van der Waals surface area (Å²) in [5.74, 6) is -0.834. The Labute approximate surface area is 154 Å². The number of nitrogens with zero attached hydrogens (tertiary/aromatic N) is 1. The van der Waals surface area contributed by atoms with Crippen molar-refractivity contribution in [2.75, 3.05) is 19.6 Å². The highest BCUT2D eigenvalue weighted by Crippen LogP contribution is 2.14. The zero-order valence-corrected chi connectivity index (χ0v) is 16.0. The zero-order chi connectivity index (χ0) is 19.2. The molecule has 1 amide bonds. The number of amides is 1. The van der Waals surface area contributed by atoms with Gasteiger partial charge in [0.15, 0.2) is 6.10 Å². The van der Waals surface area contributed by atoms with Gasteiger partial charge in [-0.25, -0.2) is 17.9 Å². The molecule has 1 heterocycles. The topological polar surface area (TPSA) is 92.8 Å². The Morgan fingerprint density at radius 2 is 1.69 bits per heavy atom. The molecule has 0 aromatic heterocycles. The highest BCUT2D eigenvalue weighted by atomic mass is 32.2. The van der Waals surface area contributed by atoms with Crippen LogP contribution in [0.5, 0.6) is 0 Å². The first-order chi connectivity index (χ1) is 12.3. The van der Waals surface area contributed by atoms with Crippen molar-refractivity contribution in [3.8, 4) is 0 Å². The number of nitrogens with one attached hydrogen (secondary N) is 1.